The monoisotopic (exact) mass is 500 g/mol. The number of rotatable bonds is 9. The standard InChI is InChI=1S/C26H30F2N4O4/c1-4-15(2)25(33)31-22-19-11-17(29-12-16-7-5-9-20(27)21(16)28)13-30-24(19)32(23(22)26(34)35-3)14-18-8-6-10-36-18/h5,7,9,11,13,15,18,29H,4,6,8,10,12,14H2,1-3H3,(H,31,33). The number of nitrogens with zero attached hydrogens (tertiary/aromatic N) is 2. The molecule has 1 fully saturated rings. The van der Waals surface area contributed by atoms with E-state index >= 15 is 0 Å². The molecule has 1 aliphatic rings. The van der Waals surface area contributed by atoms with Crippen molar-refractivity contribution in [3.8, 4) is 0 Å². The summed E-state index contributed by atoms with van der Waals surface area (Å²) in [5.41, 5.74) is 1.63. The molecule has 1 aromatic carbocycles. The topological polar surface area (TPSA) is 94.5 Å². The molecule has 2 unspecified atom stereocenters. The maximum absolute atomic E-state index is 14.1. The SMILES string of the molecule is CCC(C)C(=O)Nc1c(C(=O)OC)n(CC2CCCO2)c2ncc(NCc3cccc(F)c3F)cc12. The maximum atomic E-state index is 14.1. The molecule has 3 heterocycles. The van der Waals surface area contributed by atoms with Crippen molar-refractivity contribution in [1.82, 2.24) is 9.55 Å². The molecule has 0 spiro atoms. The molecule has 1 saturated heterocycles. The van der Waals surface area contributed by atoms with Gasteiger partial charge in [-0.3, -0.25) is 4.79 Å². The lowest BCUT2D eigenvalue weighted by molar-refractivity contribution is -0.119. The Hall–Kier alpha value is -3.53. The number of benzene rings is 1. The number of carbonyl (C=O) groups excluding carboxylic acids is 2. The molecule has 4 rings (SSSR count). The average molecular weight is 501 g/mol. The second kappa shape index (κ2) is 11.0. The Kier molecular flexibility index (Phi) is 7.83. The molecule has 36 heavy (non-hydrogen) atoms. The molecule has 3 aromatic rings. The summed E-state index contributed by atoms with van der Waals surface area (Å²) in [4.78, 5) is 30.4. The van der Waals surface area contributed by atoms with Gasteiger partial charge in [0.2, 0.25) is 5.91 Å². The van der Waals surface area contributed by atoms with E-state index in [2.05, 4.69) is 15.6 Å². The maximum Gasteiger partial charge on any atom is 0.356 e. The number of pyridine rings is 1. The van der Waals surface area contributed by atoms with Crippen molar-refractivity contribution in [1.29, 1.82) is 0 Å². The Bertz CT molecular complexity index is 1270. The van der Waals surface area contributed by atoms with Crippen LogP contribution in [0.4, 0.5) is 20.2 Å². The van der Waals surface area contributed by atoms with Crippen molar-refractivity contribution in [3.05, 3.63) is 53.4 Å². The van der Waals surface area contributed by atoms with E-state index in [1.54, 1.807) is 23.8 Å². The Morgan fingerprint density at radius 3 is 2.83 bits per heavy atom. The minimum atomic E-state index is -0.924. The number of methoxy groups -OCH3 is 1. The molecule has 1 amide bonds. The number of ether oxygens (including phenoxy) is 2. The van der Waals surface area contributed by atoms with Crippen LogP contribution in [-0.4, -0.2) is 41.2 Å². The molecule has 1 aliphatic heterocycles. The number of fused-ring (bicyclic) bond motifs is 1. The number of nitrogens with one attached hydrogen (secondary N) is 2. The number of esters is 1. The van der Waals surface area contributed by atoms with Crippen molar-refractivity contribution in [2.24, 2.45) is 5.92 Å². The number of halogens is 2. The molecule has 2 atom stereocenters. The van der Waals surface area contributed by atoms with Crippen LogP contribution < -0.4 is 10.6 Å². The van der Waals surface area contributed by atoms with Crippen LogP contribution in [0.5, 0.6) is 0 Å². The van der Waals surface area contributed by atoms with Crippen LogP contribution in [-0.2, 0) is 27.4 Å². The van der Waals surface area contributed by atoms with E-state index in [1.807, 2.05) is 6.92 Å². The van der Waals surface area contributed by atoms with Crippen LogP contribution in [0.2, 0.25) is 0 Å². The molecule has 2 aromatic heterocycles. The van der Waals surface area contributed by atoms with Gasteiger partial charge >= 0.3 is 5.97 Å². The predicted molar refractivity (Wildman–Crippen MR) is 132 cm³/mol. The van der Waals surface area contributed by atoms with Crippen LogP contribution in [0, 0.1) is 17.6 Å². The number of hydrogen-bond acceptors (Lipinski definition) is 6. The van der Waals surface area contributed by atoms with E-state index < -0.39 is 17.6 Å². The van der Waals surface area contributed by atoms with Gasteiger partial charge in [-0.15, -0.1) is 0 Å². The number of carbonyl (C=O) groups is 2. The summed E-state index contributed by atoms with van der Waals surface area (Å²) in [6, 6.07) is 5.71. The van der Waals surface area contributed by atoms with Gasteiger partial charge in [0.05, 0.1) is 37.3 Å². The number of aromatic nitrogens is 2. The number of anilines is 2. The molecule has 0 radical (unpaired) electrons. The lowest BCUT2D eigenvalue weighted by atomic mass is 10.1. The van der Waals surface area contributed by atoms with Gasteiger partial charge in [-0.25, -0.2) is 18.6 Å². The second-order valence-corrected chi connectivity index (χ2v) is 8.92. The van der Waals surface area contributed by atoms with E-state index in [0.717, 1.165) is 18.9 Å². The predicted octanol–water partition coefficient (Wildman–Crippen LogP) is 4.88. The Morgan fingerprint density at radius 2 is 2.14 bits per heavy atom. The number of hydrogen-bond donors (Lipinski definition) is 2. The van der Waals surface area contributed by atoms with Gasteiger partial charge in [-0.1, -0.05) is 26.0 Å². The summed E-state index contributed by atoms with van der Waals surface area (Å²) in [5, 5.41) is 6.48. The molecule has 8 nitrogen and oxygen atoms in total. The summed E-state index contributed by atoms with van der Waals surface area (Å²) in [6.45, 7) is 4.74. The highest BCUT2D eigenvalue weighted by Crippen LogP contribution is 2.34. The summed E-state index contributed by atoms with van der Waals surface area (Å²) >= 11 is 0. The molecular weight excluding hydrogens is 470 g/mol. The van der Waals surface area contributed by atoms with Crippen molar-refractivity contribution >= 4 is 34.3 Å². The lowest BCUT2D eigenvalue weighted by Gasteiger charge is -2.15. The molecule has 0 bridgehead atoms. The highest BCUT2D eigenvalue weighted by atomic mass is 19.2. The van der Waals surface area contributed by atoms with Gasteiger partial charge < -0.3 is 24.7 Å². The van der Waals surface area contributed by atoms with E-state index in [4.69, 9.17) is 9.47 Å². The fraction of sp³-hybridized carbons (Fsp3) is 0.423. The van der Waals surface area contributed by atoms with Crippen LogP contribution in [0.1, 0.15) is 49.2 Å². The largest absolute Gasteiger partial charge is 0.464 e. The first kappa shape index (κ1) is 25.6. The van der Waals surface area contributed by atoms with E-state index in [9.17, 15) is 18.4 Å². The highest BCUT2D eigenvalue weighted by Gasteiger charge is 2.29. The quantitative estimate of drug-likeness (QED) is 0.407. The van der Waals surface area contributed by atoms with Gasteiger partial charge in [0.25, 0.3) is 0 Å². The summed E-state index contributed by atoms with van der Waals surface area (Å²) in [7, 11) is 1.28. The van der Waals surface area contributed by atoms with Crippen LogP contribution in [0.25, 0.3) is 11.0 Å². The zero-order chi connectivity index (χ0) is 25.8. The van der Waals surface area contributed by atoms with Crippen molar-refractivity contribution in [3.63, 3.8) is 0 Å². The molecule has 10 heteroatoms. The third-order valence-corrected chi connectivity index (χ3v) is 6.51. The third kappa shape index (κ3) is 5.18. The smallest absolute Gasteiger partial charge is 0.356 e. The second-order valence-electron chi connectivity index (χ2n) is 8.92. The molecule has 2 N–H and O–H groups in total. The van der Waals surface area contributed by atoms with Crippen LogP contribution in [0.15, 0.2) is 30.5 Å². The average Bonchev–Trinajstić information content (AvgIpc) is 3.50. The first-order valence-electron chi connectivity index (χ1n) is 12.0. The van der Waals surface area contributed by atoms with Crippen molar-refractivity contribution in [2.75, 3.05) is 24.4 Å². The van der Waals surface area contributed by atoms with Crippen LogP contribution >= 0.6 is 0 Å². The fourth-order valence-corrected chi connectivity index (χ4v) is 4.24. The molecule has 0 saturated carbocycles. The molecule has 0 aliphatic carbocycles. The van der Waals surface area contributed by atoms with Gasteiger partial charge in [0, 0.05) is 30.0 Å². The highest BCUT2D eigenvalue weighted by molar-refractivity contribution is 6.11. The minimum Gasteiger partial charge on any atom is -0.464 e. The first-order chi connectivity index (χ1) is 17.3. The van der Waals surface area contributed by atoms with Gasteiger partial charge in [0.15, 0.2) is 17.3 Å². The summed E-state index contributed by atoms with van der Waals surface area (Å²) in [6.07, 6.45) is 3.84. The van der Waals surface area contributed by atoms with Crippen molar-refractivity contribution in [2.45, 2.75) is 52.3 Å². The Balaban J connectivity index is 1.77. The zero-order valence-corrected chi connectivity index (χ0v) is 20.6. The Labute approximate surface area is 208 Å². The normalized spacial score (nSPS) is 16.2. The Morgan fingerprint density at radius 1 is 1.33 bits per heavy atom. The van der Waals surface area contributed by atoms with Gasteiger partial charge in [0.1, 0.15) is 5.65 Å². The lowest BCUT2D eigenvalue weighted by Crippen LogP contribution is -2.23. The summed E-state index contributed by atoms with van der Waals surface area (Å²) < 4.78 is 40.3. The summed E-state index contributed by atoms with van der Waals surface area (Å²) in [5.74, 6) is -2.97. The van der Waals surface area contributed by atoms with Crippen LogP contribution in [0.3, 0.4) is 0 Å². The molecule has 192 valence electrons. The minimum absolute atomic E-state index is 0.0197. The van der Waals surface area contributed by atoms with E-state index in [-0.39, 0.29) is 35.7 Å². The first-order valence-corrected chi connectivity index (χ1v) is 12.0. The van der Waals surface area contributed by atoms with Gasteiger partial charge in [-0.2, -0.15) is 0 Å². The molecular formula is C26H30F2N4O4. The van der Waals surface area contributed by atoms with Crippen molar-refractivity contribution < 1.29 is 27.8 Å². The van der Waals surface area contributed by atoms with E-state index in [0.29, 0.717) is 42.0 Å². The third-order valence-electron chi connectivity index (χ3n) is 6.51. The van der Waals surface area contributed by atoms with E-state index in [1.165, 1.54) is 19.2 Å². The van der Waals surface area contributed by atoms with Gasteiger partial charge in [-0.05, 0) is 31.4 Å². The zero-order valence-electron chi connectivity index (χ0n) is 20.6. The number of amides is 1. The fourth-order valence-electron chi connectivity index (χ4n) is 4.24.